The van der Waals surface area contributed by atoms with Gasteiger partial charge in [-0.25, -0.2) is 22.5 Å². The smallest absolute Gasteiger partial charge is 0.301 e. The lowest BCUT2D eigenvalue weighted by atomic mass is 9.86. The second-order valence-corrected chi connectivity index (χ2v) is 17.8. The number of benzene rings is 2. The van der Waals surface area contributed by atoms with E-state index in [9.17, 15) is 14.4 Å². The minimum Gasteiger partial charge on any atom is -0.480 e. The van der Waals surface area contributed by atoms with Gasteiger partial charge in [0.15, 0.2) is 18.2 Å². The van der Waals surface area contributed by atoms with Crippen LogP contribution in [0.2, 0.25) is 5.02 Å². The number of nitrogens with zero attached hydrogens (tertiary/aromatic N) is 6. The molecule has 1 saturated carbocycles. The molecule has 1 unspecified atom stereocenters. The SMILES string of the molecule is Cn1c(=O)c2c(c3cc(Nc4nc(N5CCC(CN6CCC(c7ccc8c(C9CCC(=O)NC9=O)n[nH]c8c7F)CC6)CC5)ncc4Cl)c(F)cc31)N[C@@H](C1CC1)C(F)(F)CO2. The number of halogens is 5. The third-order valence-corrected chi connectivity index (χ3v) is 13.7. The molecule has 4 N–H and O–H groups in total. The number of rotatable bonds is 8. The van der Waals surface area contributed by atoms with Gasteiger partial charge in [0.05, 0.1) is 40.7 Å². The zero-order chi connectivity index (χ0) is 43.0. The highest BCUT2D eigenvalue weighted by Gasteiger charge is 2.51. The third kappa shape index (κ3) is 7.37. The highest BCUT2D eigenvalue weighted by molar-refractivity contribution is 6.33. The zero-order valence-corrected chi connectivity index (χ0v) is 34.6. The Labute approximate surface area is 357 Å². The summed E-state index contributed by atoms with van der Waals surface area (Å²) >= 11 is 6.54. The van der Waals surface area contributed by atoms with Crippen molar-refractivity contribution in [2.45, 2.75) is 75.2 Å². The molecule has 10 rings (SSSR count). The number of carbonyl (C=O) groups excluding carboxylic acids is 2. The van der Waals surface area contributed by atoms with Gasteiger partial charge in [0.25, 0.3) is 5.56 Å². The van der Waals surface area contributed by atoms with Crippen molar-refractivity contribution in [2.75, 3.05) is 54.9 Å². The van der Waals surface area contributed by atoms with Gasteiger partial charge < -0.3 is 29.7 Å². The Morgan fingerprint density at radius 1 is 0.984 bits per heavy atom. The van der Waals surface area contributed by atoms with E-state index in [1.54, 1.807) is 0 Å². The van der Waals surface area contributed by atoms with Crippen LogP contribution in [0.15, 0.2) is 35.3 Å². The van der Waals surface area contributed by atoms with E-state index in [0.29, 0.717) is 71.8 Å². The quantitative estimate of drug-likeness (QED) is 0.0969. The van der Waals surface area contributed by atoms with Crippen molar-refractivity contribution in [1.29, 1.82) is 0 Å². The lowest BCUT2D eigenvalue weighted by molar-refractivity contribution is -0.134. The topological polar surface area (TPSA) is 162 Å². The molecule has 0 bridgehead atoms. The van der Waals surface area contributed by atoms with E-state index in [4.69, 9.17) is 16.3 Å². The fraction of sp³-hybridized carbons (Fsp3) is 0.488. The van der Waals surface area contributed by atoms with Gasteiger partial charge in [-0.2, -0.15) is 10.1 Å². The number of hydrogen-bond donors (Lipinski definition) is 4. The average Bonchev–Trinajstić information content (AvgIpc) is 4.02. The Bertz CT molecular complexity index is 2670. The van der Waals surface area contributed by atoms with Crippen LogP contribution in [0.3, 0.4) is 0 Å². The Hall–Kier alpha value is -5.49. The number of carbonyl (C=O) groups is 2. The van der Waals surface area contributed by atoms with Gasteiger partial charge in [0.2, 0.25) is 23.5 Å². The van der Waals surface area contributed by atoms with Gasteiger partial charge in [0, 0.05) is 49.9 Å². The van der Waals surface area contributed by atoms with Crippen LogP contribution in [0.1, 0.15) is 74.5 Å². The maximum Gasteiger partial charge on any atom is 0.301 e. The number of H-pyrrole nitrogens is 1. The van der Waals surface area contributed by atoms with Crippen LogP contribution >= 0.6 is 11.6 Å². The van der Waals surface area contributed by atoms with E-state index in [-0.39, 0.29) is 63.5 Å². The number of aromatic nitrogens is 5. The Morgan fingerprint density at radius 3 is 2.50 bits per heavy atom. The molecule has 5 aliphatic rings. The van der Waals surface area contributed by atoms with Crippen molar-refractivity contribution in [3.63, 3.8) is 0 Å². The highest BCUT2D eigenvalue weighted by Crippen LogP contribution is 2.46. The number of hydrogen-bond acceptors (Lipinski definition) is 11. The summed E-state index contributed by atoms with van der Waals surface area (Å²) in [5, 5.41) is 16.4. The molecule has 0 spiro atoms. The molecular formula is C43H45ClF4N10O4. The van der Waals surface area contributed by atoms with Gasteiger partial charge in [0.1, 0.15) is 16.4 Å². The van der Waals surface area contributed by atoms with Crippen LogP contribution < -0.4 is 31.1 Å². The number of pyridine rings is 1. The number of piperidine rings is 3. The number of fused-ring (bicyclic) bond motifs is 4. The monoisotopic (exact) mass is 876 g/mol. The largest absolute Gasteiger partial charge is 0.480 e. The lowest BCUT2D eigenvalue weighted by Crippen LogP contribution is -2.44. The number of aryl methyl sites for hydroxylation is 1. The number of nitrogens with one attached hydrogen (secondary N) is 4. The normalized spacial score (nSPS) is 22.6. The third-order valence-electron chi connectivity index (χ3n) is 13.4. The Kier molecular flexibility index (Phi) is 10.3. The first-order valence-corrected chi connectivity index (χ1v) is 21.6. The molecule has 4 fully saturated rings. The van der Waals surface area contributed by atoms with E-state index in [0.717, 1.165) is 45.3 Å². The molecule has 14 nitrogen and oxygen atoms in total. The highest BCUT2D eigenvalue weighted by atomic mass is 35.5. The van der Waals surface area contributed by atoms with E-state index < -0.39 is 41.8 Å². The molecule has 19 heteroatoms. The summed E-state index contributed by atoms with van der Waals surface area (Å²) in [6.45, 7) is 3.04. The molecule has 326 valence electrons. The van der Waals surface area contributed by atoms with Crippen LogP contribution in [0, 0.1) is 23.5 Å². The fourth-order valence-corrected chi connectivity index (χ4v) is 9.91. The van der Waals surface area contributed by atoms with E-state index in [1.807, 2.05) is 12.1 Å². The maximum atomic E-state index is 15.9. The molecule has 3 saturated heterocycles. The predicted octanol–water partition coefficient (Wildman–Crippen LogP) is 6.71. The minimum atomic E-state index is -3.22. The molecule has 5 aromatic rings. The number of imide groups is 1. The van der Waals surface area contributed by atoms with Crippen molar-refractivity contribution in [3.05, 3.63) is 68.7 Å². The number of aromatic amines is 1. The van der Waals surface area contributed by atoms with Gasteiger partial charge in [-0.1, -0.05) is 23.7 Å². The van der Waals surface area contributed by atoms with Gasteiger partial charge in [-0.3, -0.25) is 24.8 Å². The summed E-state index contributed by atoms with van der Waals surface area (Å²) in [6, 6.07) is 5.05. The second kappa shape index (κ2) is 15.7. The molecule has 4 aliphatic heterocycles. The van der Waals surface area contributed by atoms with E-state index >= 15 is 17.6 Å². The molecule has 3 aromatic heterocycles. The van der Waals surface area contributed by atoms with Crippen LogP contribution in [-0.2, 0) is 16.6 Å². The van der Waals surface area contributed by atoms with Crippen molar-refractivity contribution in [3.8, 4) is 5.75 Å². The van der Waals surface area contributed by atoms with Crippen molar-refractivity contribution in [2.24, 2.45) is 18.9 Å². The molecule has 7 heterocycles. The van der Waals surface area contributed by atoms with Gasteiger partial charge in [-0.05, 0) is 87.4 Å². The van der Waals surface area contributed by atoms with Crippen molar-refractivity contribution in [1.82, 2.24) is 34.9 Å². The second-order valence-electron chi connectivity index (χ2n) is 17.4. The first kappa shape index (κ1) is 40.6. The fourth-order valence-electron chi connectivity index (χ4n) is 9.78. The van der Waals surface area contributed by atoms with Crippen molar-refractivity contribution < 1.29 is 31.9 Å². The first-order valence-electron chi connectivity index (χ1n) is 21.2. The molecule has 2 aromatic carbocycles. The molecule has 2 atom stereocenters. The molecule has 0 radical (unpaired) electrons. The van der Waals surface area contributed by atoms with E-state index in [2.05, 4.69) is 45.9 Å². The number of likely N-dealkylation sites (tertiary alicyclic amines) is 1. The summed E-state index contributed by atoms with van der Waals surface area (Å²) in [5.41, 5.74) is 1.05. The summed E-state index contributed by atoms with van der Waals surface area (Å²) in [6.07, 6.45) is 6.70. The molecular weight excluding hydrogens is 832 g/mol. The summed E-state index contributed by atoms with van der Waals surface area (Å²) in [4.78, 5) is 51.0. The average molecular weight is 877 g/mol. The summed E-state index contributed by atoms with van der Waals surface area (Å²) in [5.74, 6) is -4.99. The minimum absolute atomic E-state index is 0.0170. The Balaban J connectivity index is 0.776. The van der Waals surface area contributed by atoms with Crippen LogP contribution in [0.5, 0.6) is 5.75 Å². The van der Waals surface area contributed by atoms with Gasteiger partial charge >= 0.3 is 5.92 Å². The predicted molar refractivity (Wildman–Crippen MR) is 225 cm³/mol. The number of amides is 2. The Morgan fingerprint density at radius 2 is 1.76 bits per heavy atom. The van der Waals surface area contributed by atoms with Gasteiger partial charge in [-0.15, -0.1) is 0 Å². The van der Waals surface area contributed by atoms with Crippen molar-refractivity contribution >= 4 is 68.4 Å². The molecule has 1 aliphatic carbocycles. The number of alkyl halides is 2. The van der Waals surface area contributed by atoms with E-state index in [1.165, 1.54) is 29.9 Å². The van der Waals surface area contributed by atoms with Crippen LogP contribution in [-0.4, -0.2) is 92.7 Å². The van der Waals surface area contributed by atoms with Crippen LogP contribution in [0.25, 0.3) is 21.8 Å². The number of ether oxygens (including phenoxy) is 1. The lowest BCUT2D eigenvalue weighted by Gasteiger charge is -2.38. The number of anilines is 4. The first-order chi connectivity index (χ1) is 29.8. The standard InChI is InChI=1S/C43H45ClF4N10O4/c1-56-31-17-29(45)30(16-27(31)36-37(41(56)61)62-20-43(47,48)38(52-36)23-2-3-23)50-39-28(44)18-49-42(53-39)58-14-8-21(9-15-58)19-57-12-10-22(11-13-57)24-4-5-25-34(54-55-35(25)33(24)46)26-6-7-32(59)51-40(26)60/h4-5,16-18,21-23,26,38,52H,2-3,6-15,19-20H2,1H3,(H,54,55)(H,49,50,53)(H,51,59,60)/t26?,38-/m0/s1. The molecule has 62 heavy (non-hydrogen) atoms. The maximum absolute atomic E-state index is 15.9. The zero-order valence-electron chi connectivity index (χ0n) is 33.9. The summed E-state index contributed by atoms with van der Waals surface area (Å²) < 4.78 is 68.6. The molecule has 2 amide bonds. The summed E-state index contributed by atoms with van der Waals surface area (Å²) in [7, 11) is 1.44. The van der Waals surface area contributed by atoms with Crippen LogP contribution in [0.4, 0.5) is 40.7 Å².